The molecule has 0 bridgehead atoms. The second-order valence-electron chi connectivity index (χ2n) is 3.94. The summed E-state index contributed by atoms with van der Waals surface area (Å²) in [5, 5.41) is 2.88. The topological polar surface area (TPSA) is 72.5 Å². The first kappa shape index (κ1) is 17.9. The van der Waals surface area contributed by atoms with Gasteiger partial charge in [-0.3, -0.25) is 9.59 Å². The molecule has 21 heavy (non-hydrogen) atoms. The predicted octanol–water partition coefficient (Wildman–Crippen LogP) is 2.54. The summed E-state index contributed by atoms with van der Waals surface area (Å²) in [6.07, 6.45) is 0. The highest BCUT2D eigenvalue weighted by molar-refractivity contribution is 8.82. The van der Waals surface area contributed by atoms with Gasteiger partial charge in [-0.15, -0.1) is 0 Å². The van der Waals surface area contributed by atoms with E-state index in [4.69, 9.17) is 11.6 Å². The lowest BCUT2D eigenvalue weighted by molar-refractivity contribution is -0.144. The average molecular weight is 348 g/mol. The average Bonchev–Trinajstić information content (AvgIpc) is 2.45. The summed E-state index contributed by atoms with van der Waals surface area (Å²) < 4.78 is 4.59. The van der Waals surface area contributed by atoms with Gasteiger partial charge in [0, 0.05) is 23.3 Å². The van der Waals surface area contributed by atoms with Crippen LogP contribution in [0.3, 0.4) is 0 Å². The maximum atomic E-state index is 11.9. The number of nitrogens with one attached hydrogen (secondary N) is 1. The van der Waals surface area contributed by atoms with Crippen molar-refractivity contribution in [3.05, 3.63) is 34.9 Å². The van der Waals surface area contributed by atoms with Gasteiger partial charge in [0.1, 0.15) is 6.04 Å². The Kier molecular flexibility index (Phi) is 7.63. The lowest BCUT2D eigenvalue weighted by Crippen LogP contribution is -2.42. The molecule has 1 rings (SSSR count). The molecule has 8 heteroatoms. The van der Waals surface area contributed by atoms with E-state index in [1.807, 2.05) is 0 Å². The SMILES string of the molecule is COC(=O)C(CSSC(=O)c1ccc(Cl)cc1)NC(C)=O. The van der Waals surface area contributed by atoms with E-state index in [1.54, 1.807) is 24.3 Å². The Morgan fingerprint density at radius 2 is 1.90 bits per heavy atom. The number of rotatable bonds is 6. The van der Waals surface area contributed by atoms with Gasteiger partial charge in [-0.1, -0.05) is 22.4 Å². The summed E-state index contributed by atoms with van der Waals surface area (Å²) in [7, 11) is 3.41. The number of carbonyl (C=O) groups is 3. The van der Waals surface area contributed by atoms with Crippen molar-refractivity contribution in [3.63, 3.8) is 0 Å². The van der Waals surface area contributed by atoms with Gasteiger partial charge in [-0.2, -0.15) is 0 Å². The quantitative estimate of drug-likeness (QED) is 0.629. The molecular formula is C13H14ClNO4S2. The van der Waals surface area contributed by atoms with Gasteiger partial charge in [0.2, 0.25) is 11.0 Å². The van der Waals surface area contributed by atoms with Crippen molar-refractivity contribution in [2.75, 3.05) is 12.9 Å². The van der Waals surface area contributed by atoms with Crippen molar-refractivity contribution in [1.82, 2.24) is 5.32 Å². The molecule has 0 aliphatic carbocycles. The predicted molar refractivity (Wildman–Crippen MR) is 85.5 cm³/mol. The fourth-order valence-electron chi connectivity index (χ4n) is 1.35. The van der Waals surface area contributed by atoms with Gasteiger partial charge in [-0.25, -0.2) is 4.79 Å². The van der Waals surface area contributed by atoms with E-state index in [0.717, 1.165) is 10.8 Å². The number of methoxy groups -OCH3 is 1. The van der Waals surface area contributed by atoms with Crippen LogP contribution in [0.15, 0.2) is 24.3 Å². The number of carbonyl (C=O) groups excluding carboxylic acids is 3. The number of ether oxygens (including phenoxy) is 1. The van der Waals surface area contributed by atoms with Crippen LogP contribution in [0, 0.1) is 0 Å². The number of benzene rings is 1. The first-order valence-electron chi connectivity index (χ1n) is 5.88. The molecular weight excluding hydrogens is 334 g/mol. The number of hydrogen-bond donors (Lipinski definition) is 1. The number of halogens is 1. The molecule has 0 heterocycles. The lowest BCUT2D eigenvalue weighted by Gasteiger charge is -2.14. The molecule has 1 atom stereocenters. The minimum absolute atomic E-state index is 0.150. The van der Waals surface area contributed by atoms with Crippen LogP contribution < -0.4 is 5.32 Å². The zero-order valence-corrected chi connectivity index (χ0v) is 13.8. The van der Waals surface area contributed by atoms with Crippen LogP contribution >= 0.6 is 33.2 Å². The van der Waals surface area contributed by atoms with Crippen LogP contribution in [0.4, 0.5) is 0 Å². The Labute approximate surface area is 135 Å². The van der Waals surface area contributed by atoms with Crippen LogP contribution in [0.1, 0.15) is 17.3 Å². The van der Waals surface area contributed by atoms with Gasteiger partial charge in [0.25, 0.3) is 0 Å². The standard InChI is InChI=1S/C13H14ClNO4S2/c1-8(16)15-11(12(17)19-2)7-20-21-13(18)9-3-5-10(14)6-4-9/h3-6,11H,7H2,1-2H3,(H,15,16). The molecule has 0 saturated carbocycles. The fourth-order valence-corrected chi connectivity index (χ4v) is 3.46. The summed E-state index contributed by atoms with van der Waals surface area (Å²) in [6.45, 7) is 1.31. The van der Waals surface area contributed by atoms with E-state index >= 15 is 0 Å². The van der Waals surface area contributed by atoms with Crippen molar-refractivity contribution < 1.29 is 19.1 Å². The summed E-state index contributed by atoms with van der Waals surface area (Å²) in [4.78, 5) is 34.4. The van der Waals surface area contributed by atoms with E-state index in [1.165, 1.54) is 24.8 Å². The Hall–Kier alpha value is -1.18. The molecule has 0 saturated heterocycles. The van der Waals surface area contributed by atoms with E-state index in [-0.39, 0.29) is 16.8 Å². The third kappa shape index (κ3) is 6.41. The number of hydrogen-bond acceptors (Lipinski definition) is 6. The fraction of sp³-hybridized carbons (Fsp3) is 0.308. The Morgan fingerprint density at radius 1 is 1.29 bits per heavy atom. The van der Waals surface area contributed by atoms with Crippen molar-refractivity contribution in [1.29, 1.82) is 0 Å². The molecule has 1 N–H and O–H groups in total. The molecule has 0 aliphatic heterocycles. The second kappa shape index (κ2) is 8.96. The summed E-state index contributed by atoms with van der Waals surface area (Å²) >= 11 is 5.75. The molecule has 0 aliphatic rings. The lowest BCUT2D eigenvalue weighted by atomic mass is 10.2. The van der Waals surface area contributed by atoms with Crippen molar-refractivity contribution in [2.24, 2.45) is 0 Å². The van der Waals surface area contributed by atoms with Gasteiger partial charge in [0.15, 0.2) is 0 Å². The zero-order valence-electron chi connectivity index (χ0n) is 11.4. The van der Waals surface area contributed by atoms with Crippen LogP contribution in [0.5, 0.6) is 0 Å². The Balaban J connectivity index is 2.49. The molecule has 0 aromatic heterocycles. The third-order valence-electron chi connectivity index (χ3n) is 2.31. The summed E-state index contributed by atoms with van der Waals surface area (Å²) in [6, 6.07) is 5.75. The molecule has 1 aromatic rings. The summed E-state index contributed by atoms with van der Waals surface area (Å²) in [5.74, 6) is -0.645. The van der Waals surface area contributed by atoms with Crippen molar-refractivity contribution in [3.8, 4) is 0 Å². The molecule has 1 amide bonds. The number of amides is 1. The van der Waals surface area contributed by atoms with E-state index < -0.39 is 12.0 Å². The maximum absolute atomic E-state index is 11.9. The first-order valence-corrected chi connectivity index (χ1v) is 8.58. The van der Waals surface area contributed by atoms with Gasteiger partial charge in [0.05, 0.1) is 7.11 Å². The van der Waals surface area contributed by atoms with Gasteiger partial charge in [-0.05, 0) is 35.1 Å². The van der Waals surface area contributed by atoms with Crippen LogP contribution in [-0.4, -0.2) is 35.9 Å². The zero-order chi connectivity index (χ0) is 15.8. The van der Waals surface area contributed by atoms with Crippen LogP contribution in [0.2, 0.25) is 5.02 Å². The van der Waals surface area contributed by atoms with Crippen molar-refractivity contribution in [2.45, 2.75) is 13.0 Å². The number of esters is 1. The smallest absolute Gasteiger partial charge is 0.329 e. The van der Waals surface area contributed by atoms with Gasteiger partial charge >= 0.3 is 5.97 Å². The molecule has 114 valence electrons. The first-order chi connectivity index (χ1) is 9.93. The summed E-state index contributed by atoms with van der Waals surface area (Å²) in [5.41, 5.74) is 0.519. The minimum Gasteiger partial charge on any atom is -0.467 e. The van der Waals surface area contributed by atoms with Crippen molar-refractivity contribution >= 4 is 50.2 Å². The Bertz CT molecular complexity index is 521. The molecule has 1 unspecified atom stereocenters. The molecule has 0 fully saturated rings. The Morgan fingerprint density at radius 3 is 2.43 bits per heavy atom. The second-order valence-corrected chi connectivity index (χ2v) is 6.69. The highest BCUT2D eigenvalue weighted by atomic mass is 35.5. The van der Waals surface area contributed by atoms with Gasteiger partial charge < -0.3 is 10.1 Å². The minimum atomic E-state index is -0.775. The van der Waals surface area contributed by atoms with Crippen LogP contribution in [-0.2, 0) is 14.3 Å². The molecule has 5 nitrogen and oxygen atoms in total. The van der Waals surface area contributed by atoms with E-state index in [0.29, 0.717) is 10.6 Å². The largest absolute Gasteiger partial charge is 0.467 e. The maximum Gasteiger partial charge on any atom is 0.329 e. The van der Waals surface area contributed by atoms with Crippen LogP contribution in [0.25, 0.3) is 0 Å². The molecule has 1 aromatic carbocycles. The highest BCUT2D eigenvalue weighted by Crippen LogP contribution is 2.27. The van der Waals surface area contributed by atoms with E-state index in [2.05, 4.69) is 10.1 Å². The monoisotopic (exact) mass is 347 g/mol. The normalized spacial score (nSPS) is 11.6. The molecule has 0 spiro atoms. The molecule has 0 radical (unpaired) electrons. The van der Waals surface area contributed by atoms with E-state index in [9.17, 15) is 14.4 Å². The third-order valence-corrected chi connectivity index (χ3v) is 4.75. The highest BCUT2D eigenvalue weighted by Gasteiger charge is 2.21.